The Morgan fingerprint density at radius 2 is 1.77 bits per heavy atom. The molecular formula is C23H25ClN4O2. The second-order valence-electron chi connectivity index (χ2n) is 7.59. The highest BCUT2D eigenvalue weighted by Gasteiger charge is 2.19. The third kappa shape index (κ3) is 4.65. The van der Waals surface area contributed by atoms with Crippen LogP contribution in [0.2, 0.25) is 5.02 Å². The van der Waals surface area contributed by atoms with E-state index in [1.54, 1.807) is 22.8 Å². The van der Waals surface area contributed by atoms with Crippen LogP contribution >= 0.6 is 11.6 Å². The van der Waals surface area contributed by atoms with Crippen molar-refractivity contribution in [2.75, 3.05) is 18.0 Å². The highest BCUT2D eigenvalue weighted by Crippen LogP contribution is 2.20. The molecule has 0 spiro atoms. The van der Waals surface area contributed by atoms with Crippen LogP contribution in [0.3, 0.4) is 0 Å². The van der Waals surface area contributed by atoms with Crippen molar-refractivity contribution in [1.29, 1.82) is 0 Å². The molecule has 3 aromatic rings. The van der Waals surface area contributed by atoms with Crippen molar-refractivity contribution in [3.63, 3.8) is 0 Å². The Bertz CT molecular complexity index is 1090. The summed E-state index contributed by atoms with van der Waals surface area (Å²) in [6.45, 7) is 2.50. The quantitative estimate of drug-likeness (QED) is 0.654. The van der Waals surface area contributed by atoms with E-state index in [-0.39, 0.29) is 17.9 Å². The van der Waals surface area contributed by atoms with Gasteiger partial charge in [-0.15, -0.1) is 0 Å². The number of amides is 1. The molecule has 156 valence electrons. The molecule has 7 heteroatoms. The minimum absolute atomic E-state index is 0.0910. The van der Waals surface area contributed by atoms with Crippen molar-refractivity contribution in [3.05, 3.63) is 69.5 Å². The monoisotopic (exact) mass is 424 g/mol. The Kier molecular flexibility index (Phi) is 6.33. The first kappa shape index (κ1) is 20.4. The Hall–Kier alpha value is -2.86. The molecule has 1 fully saturated rings. The van der Waals surface area contributed by atoms with Gasteiger partial charge in [-0.05, 0) is 49.1 Å². The summed E-state index contributed by atoms with van der Waals surface area (Å²) in [5.41, 5.74) is 1.59. The van der Waals surface area contributed by atoms with Crippen LogP contribution in [0.4, 0.5) is 5.95 Å². The summed E-state index contributed by atoms with van der Waals surface area (Å²) in [6, 6.07) is 14.8. The highest BCUT2D eigenvalue weighted by molar-refractivity contribution is 6.30. The highest BCUT2D eigenvalue weighted by atomic mass is 35.5. The number of anilines is 1. The van der Waals surface area contributed by atoms with E-state index in [4.69, 9.17) is 16.6 Å². The molecule has 1 aromatic heterocycles. The summed E-state index contributed by atoms with van der Waals surface area (Å²) in [6.07, 6.45) is 3.59. The average molecular weight is 425 g/mol. The van der Waals surface area contributed by atoms with E-state index in [2.05, 4.69) is 10.2 Å². The Morgan fingerprint density at radius 1 is 1.03 bits per heavy atom. The molecular weight excluding hydrogens is 400 g/mol. The predicted octanol–water partition coefficient (Wildman–Crippen LogP) is 3.75. The van der Waals surface area contributed by atoms with Crippen LogP contribution in [0.1, 0.15) is 31.2 Å². The van der Waals surface area contributed by atoms with Crippen molar-refractivity contribution in [2.45, 2.75) is 38.8 Å². The molecule has 0 radical (unpaired) electrons. The van der Waals surface area contributed by atoms with Gasteiger partial charge in [-0.25, -0.2) is 4.98 Å². The Labute approximate surface area is 180 Å². The molecule has 1 saturated heterocycles. The fourth-order valence-corrected chi connectivity index (χ4v) is 3.92. The van der Waals surface area contributed by atoms with Gasteiger partial charge in [0.1, 0.15) is 0 Å². The lowest BCUT2D eigenvalue weighted by molar-refractivity contribution is -0.121. The summed E-state index contributed by atoms with van der Waals surface area (Å²) >= 11 is 5.90. The van der Waals surface area contributed by atoms with Crippen LogP contribution in [0.25, 0.3) is 10.9 Å². The Balaban J connectivity index is 1.51. The lowest BCUT2D eigenvalue weighted by Crippen LogP contribution is -2.37. The summed E-state index contributed by atoms with van der Waals surface area (Å²) in [5.74, 6) is 0.568. The number of benzene rings is 2. The number of nitrogens with zero attached hydrogens (tertiary/aromatic N) is 3. The molecule has 1 N–H and O–H groups in total. The molecule has 1 amide bonds. The zero-order valence-electron chi connectivity index (χ0n) is 16.8. The van der Waals surface area contributed by atoms with Gasteiger partial charge < -0.3 is 10.2 Å². The van der Waals surface area contributed by atoms with Gasteiger partial charge in [-0.1, -0.05) is 35.9 Å². The maximum Gasteiger partial charge on any atom is 0.262 e. The summed E-state index contributed by atoms with van der Waals surface area (Å²) in [5, 5.41) is 4.16. The third-order valence-electron chi connectivity index (χ3n) is 5.45. The van der Waals surface area contributed by atoms with E-state index in [0.717, 1.165) is 31.5 Å². The number of carbonyl (C=O) groups excluding carboxylic acids is 1. The van der Waals surface area contributed by atoms with Crippen LogP contribution in [0.15, 0.2) is 53.3 Å². The minimum atomic E-state index is -0.102. The summed E-state index contributed by atoms with van der Waals surface area (Å²) in [7, 11) is 0. The number of piperidine rings is 1. The van der Waals surface area contributed by atoms with Crippen LogP contribution in [0, 0.1) is 0 Å². The predicted molar refractivity (Wildman–Crippen MR) is 120 cm³/mol. The summed E-state index contributed by atoms with van der Waals surface area (Å²) < 4.78 is 1.66. The molecule has 0 aliphatic carbocycles. The van der Waals surface area contributed by atoms with Crippen LogP contribution < -0.4 is 15.8 Å². The van der Waals surface area contributed by atoms with Gasteiger partial charge in [-0.3, -0.25) is 14.2 Å². The van der Waals surface area contributed by atoms with Crippen LogP contribution in [0.5, 0.6) is 0 Å². The standard InChI is InChI=1S/C23H25ClN4O2/c24-18-10-8-17(9-11-18)16-25-21(29)12-15-28-22(30)19-6-2-3-7-20(19)26-23(28)27-13-4-1-5-14-27/h2-3,6-11H,1,4-5,12-16H2,(H,25,29). The van der Waals surface area contributed by atoms with Gasteiger partial charge in [-0.2, -0.15) is 0 Å². The fraction of sp³-hybridized carbons (Fsp3) is 0.348. The Morgan fingerprint density at radius 3 is 2.53 bits per heavy atom. The topological polar surface area (TPSA) is 67.2 Å². The smallest absolute Gasteiger partial charge is 0.262 e. The van der Waals surface area contributed by atoms with Crippen molar-refractivity contribution < 1.29 is 4.79 Å². The molecule has 1 aliphatic heterocycles. The SMILES string of the molecule is O=C(CCn1c(N2CCCCC2)nc2ccccc2c1=O)NCc1ccc(Cl)cc1. The van der Waals surface area contributed by atoms with Gasteiger partial charge >= 0.3 is 0 Å². The third-order valence-corrected chi connectivity index (χ3v) is 5.70. The van der Waals surface area contributed by atoms with E-state index < -0.39 is 0 Å². The molecule has 2 heterocycles. The van der Waals surface area contributed by atoms with E-state index in [1.165, 1.54) is 6.42 Å². The second-order valence-corrected chi connectivity index (χ2v) is 8.02. The van der Waals surface area contributed by atoms with E-state index in [1.807, 2.05) is 30.3 Å². The zero-order chi connectivity index (χ0) is 20.9. The van der Waals surface area contributed by atoms with Crippen LogP contribution in [-0.4, -0.2) is 28.5 Å². The molecule has 0 unspecified atom stereocenters. The fourth-order valence-electron chi connectivity index (χ4n) is 3.80. The number of para-hydroxylation sites is 1. The second kappa shape index (κ2) is 9.30. The average Bonchev–Trinajstić information content (AvgIpc) is 2.78. The lowest BCUT2D eigenvalue weighted by atomic mass is 10.1. The van der Waals surface area contributed by atoms with Gasteiger partial charge in [0.15, 0.2) is 0 Å². The van der Waals surface area contributed by atoms with E-state index in [9.17, 15) is 9.59 Å². The number of hydrogen-bond donors (Lipinski definition) is 1. The minimum Gasteiger partial charge on any atom is -0.352 e. The number of carbonyl (C=O) groups is 1. The maximum atomic E-state index is 13.2. The van der Waals surface area contributed by atoms with Crippen molar-refractivity contribution in [2.24, 2.45) is 0 Å². The molecule has 30 heavy (non-hydrogen) atoms. The largest absolute Gasteiger partial charge is 0.352 e. The first-order chi connectivity index (χ1) is 14.6. The van der Waals surface area contributed by atoms with Gasteiger partial charge in [0.25, 0.3) is 5.56 Å². The molecule has 6 nitrogen and oxygen atoms in total. The summed E-state index contributed by atoms with van der Waals surface area (Å²) in [4.78, 5) is 32.6. The lowest BCUT2D eigenvalue weighted by Gasteiger charge is -2.29. The van der Waals surface area contributed by atoms with Crippen molar-refractivity contribution in [1.82, 2.24) is 14.9 Å². The van der Waals surface area contributed by atoms with Gasteiger partial charge in [0, 0.05) is 37.6 Å². The molecule has 0 saturated carbocycles. The molecule has 2 aromatic carbocycles. The molecule has 1 aliphatic rings. The van der Waals surface area contributed by atoms with Crippen molar-refractivity contribution >= 4 is 34.4 Å². The normalized spacial score (nSPS) is 14.1. The number of halogens is 1. The zero-order valence-corrected chi connectivity index (χ0v) is 17.6. The number of fused-ring (bicyclic) bond motifs is 1. The van der Waals surface area contributed by atoms with Crippen molar-refractivity contribution in [3.8, 4) is 0 Å². The number of rotatable bonds is 6. The molecule has 0 bridgehead atoms. The van der Waals surface area contributed by atoms with Gasteiger partial charge in [0.05, 0.1) is 10.9 Å². The van der Waals surface area contributed by atoms with Gasteiger partial charge in [0.2, 0.25) is 11.9 Å². The van der Waals surface area contributed by atoms with E-state index >= 15 is 0 Å². The number of nitrogens with one attached hydrogen (secondary N) is 1. The number of hydrogen-bond acceptors (Lipinski definition) is 4. The molecule has 4 rings (SSSR count). The first-order valence-corrected chi connectivity index (χ1v) is 10.8. The first-order valence-electron chi connectivity index (χ1n) is 10.4. The van der Waals surface area contributed by atoms with Crippen LogP contribution in [-0.2, 0) is 17.9 Å². The maximum absolute atomic E-state index is 13.2. The number of aromatic nitrogens is 2. The molecule has 0 atom stereocenters. The van der Waals surface area contributed by atoms with E-state index in [0.29, 0.717) is 35.0 Å².